The maximum atomic E-state index is 12.9. The second-order valence-electron chi connectivity index (χ2n) is 6.60. The first-order chi connectivity index (χ1) is 12.6. The Labute approximate surface area is 152 Å². The summed E-state index contributed by atoms with van der Waals surface area (Å²) in [6.45, 7) is 1.97. The summed E-state index contributed by atoms with van der Waals surface area (Å²) >= 11 is 1.38. The highest BCUT2D eigenvalue weighted by Gasteiger charge is 2.26. The third-order valence-corrected chi connectivity index (χ3v) is 6.10. The van der Waals surface area contributed by atoms with Crippen molar-refractivity contribution in [1.82, 2.24) is 24.9 Å². The van der Waals surface area contributed by atoms with Crippen LogP contribution in [0.1, 0.15) is 26.5 Å². The summed E-state index contributed by atoms with van der Waals surface area (Å²) in [5.74, 6) is -0.137. The summed E-state index contributed by atoms with van der Waals surface area (Å²) in [7, 11) is 0. The molecule has 0 aliphatic heterocycles. The number of pyridine rings is 2. The minimum Gasteiger partial charge on any atom is -0.397 e. The number of fused-ring (bicyclic) bond motifs is 4. The number of hydrogen-bond donors (Lipinski definition) is 2. The minimum absolute atomic E-state index is 0.0491. The van der Waals surface area contributed by atoms with E-state index in [1.165, 1.54) is 16.9 Å². The Morgan fingerprint density at radius 1 is 1.42 bits per heavy atom. The average molecular weight is 364 g/mol. The number of nitrogens with two attached hydrogens (primary N) is 1. The van der Waals surface area contributed by atoms with E-state index in [0.717, 1.165) is 40.0 Å². The number of amides is 1. The number of carbonyl (C=O) groups is 1. The molecule has 5 rings (SSSR count). The molecule has 0 radical (unpaired) electrons. The van der Waals surface area contributed by atoms with Crippen LogP contribution in [-0.4, -0.2) is 31.5 Å². The molecule has 0 aromatic carbocycles. The fourth-order valence-corrected chi connectivity index (χ4v) is 4.85. The molecule has 1 aliphatic rings. The van der Waals surface area contributed by atoms with Crippen molar-refractivity contribution in [3.63, 3.8) is 0 Å². The van der Waals surface area contributed by atoms with E-state index in [1.807, 2.05) is 23.5 Å². The van der Waals surface area contributed by atoms with E-state index < -0.39 is 0 Å². The normalized spacial score (nSPS) is 16.3. The smallest absolute Gasteiger partial charge is 0.263 e. The Hall–Kier alpha value is -3.00. The molecule has 0 saturated heterocycles. The molecule has 0 fully saturated rings. The van der Waals surface area contributed by atoms with Gasteiger partial charge in [0, 0.05) is 29.7 Å². The summed E-state index contributed by atoms with van der Waals surface area (Å²) in [6.07, 6.45) is 4.99. The van der Waals surface area contributed by atoms with Gasteiger partial charge in [-0.1, -0.05) is 6.07 Å². The fraction of sp³-hybridized carbons (Fsp3) is 0.222. The molecule has 7 nitrogen and oxygen atoms in total. The molecule has 1 aliphatic carbocycles. The third kappa shape index (κ3) is 2.19. The second kappa shape index (κ2) is 5.50. The maximum Gasteiger partial charge on any atom is 0.263 e. The van der Waals surface area contributed by atoms with Gasteiger partial charge in [-0.3, -0.25) is 14.2 Å². The lowest BCUT2D eigenvalue weighted by molar-refractivity contribution is 0.0943. The summed E-state index contributed by atoms with van der Waals surface area (Å²) in [5.41, 5.74) is 10.9. The quantitative estimate of drug-likeness (QED) is 0.568. The molecule has 0 bridgehead atoms. The molecule has 4 heterocycles. The number of hydrogen-bond acceptors (Lipinski definition) is 6. The molecule has 3 N–H and O–H groups in total. The molecule has 0 saturated carbocycles. The van der Waals surface area contributed by atoms with Gasteiger partial charge in [0.1, 0.15) is 16.0 Å². The molecule has 4 aromatic rings. The van der Waals surface area contributed by atoms with Crippen molar-refractivity contribution in [2.45, 2.75) is 25.8 Å². The van der Waals surface area contributed by atoms with Crippen LogP contribution < -0.4 is 11.1 Å². The van der Waals surface area contributed by atoms with Crippen molar-refractivity contribution in [3.8, 4) is 0 Å². The molecule has 8 heteroatoms. The van der Waals surface area contributed by atoms with Crippen molar-refractivity contribution in [2.75, 3.05) is 5.73 Å². The Bertz CT molecular complexity index is 1150. The SMILES string of the molecule is Cc1cc2nncn2c2sc(C(=O)NC3Cc4cccnc4C3)c(N)c12. The van der Waals surface area contributed by atoms with Crippen LogP contribution in [0.4, 0.5) is 5.69 Å². The summed E-state index contributed by atoms with van der Waals surface area (Å²) < 4.78 is 1.87. The van der Waals surface area contributed by atoms with Gasteiger partial charge in [0.05, 0.1) is 5.69 Å². The third-order valence-electron chi connectivity index (χ3n) is 4.89. The number of rotatable bonds is 2. The number of nitrogens with one attached hydrogen (secondary N) is 1. The maximum absolute atomic E-state index is 12.9. The standard InChI is InChI=1S/C18H16N6OS/c1-9-5-13-23-21-8-24(13)18-14(9)15(19)16(26-18)17(25)22-11-6-10-3-2-4-20-12(10)7-11/h2-5,8,11H,6-7,19H2,1H3,(H,22,25). The van der Waals surface area contributed by atoms with Crippen molar-refractivity contribution in [2.24, 2.45) is 0 Å². The largest absolute Gasteiger partial charge is 0.397 e. The highest BCUT2D eigenvalue weighted by Crippen LogP contribution is 2.36. The van der Waals surface area contributed by atoms with Gasteiger partial charge in [0.2, 0.25) is 0 Å². The zero-order valence-electron chi connectivity index (χ0n) is 14.1. The number of thiophene rings is 1. The second-order valence-corrected chi connectivity index (χ2v) is 7.60. The predicted molar refractivity (Wildman–Crippen MR) is 100 cm³/mol. The predicted octanol–water partition coefficient (Wildman–Crippen LogP) is 2.13. The molecule has 1 amide bonds. The zero-order valence-corrected chi connectivity index (χ0v) is 14.9. The van der Waals surface area contributed by atoms with Crippen LogP contribution in [0.25, 0.3) is 15.9 Å². The van der Waals surface area contributed by atoms with E-state index in [0.29, 0.717) is 10.6 Å². The molecule has 130 valence electrons. The minimum atomic E-state index is -0.137. The van der Waals surface area contributed by atoms with E-state index in [2.05, 4.69) is 26.6 Å². The Balaban J connectivity index is 1.50. The number of anilines is 1. The fourth-order valence-electron chi connectivity index (χ4n) is 3.68. The molecule has 1 atom stereocenters. The van der Waals surface area contributed by atoms with E-state index >= 15 is 0 Å². The Morgan fingerprint density at radius 3 is 3.15 bits per heavy atom. The van der Waals surface area contributed by atoms with Crippen LogP contribution in [-0.2, 0) is 12.8 Å². The van der Waals surface area contributed by atoms with Crippen LogP contribution in [0.5, 0.6) is 0 Å². The summed E-state index contributed by atoms with van der Waals surface area (Å²) in [6, 6.07) is 5.97. The van der Waals surface area contributed by atoms with Gasteiger partial charge in [0.25, 0.3) is 5.91 Å². The molecule has 26 heavy (non-hydrogen) atoms. The number of aryl methyl sites for hydroxylation is 1. The lowest BCUT2D eigenvalue weighted by Gasteiger charge is -2.11. The number of nitrogens with zero attached hydrogens (tertiary/aromatic N) is 4. The monoisotopic (exact) mass is 364 g/mol. The first-order valence-electron chi connectivity index (χ1n) is 8.37. The van der Waals surface area contributed by atoms with E-state index in [-0.39, 0.29) is 11.9 Å². The van der Waals surface area contributed by atoms with Crippen molar-refractivity contribution >= 4 is 38.8 Å². The average Bonchev–Trinajstić information content (AvgIpc) is 3.30. The molecular formula is C18H16N6OS. The van der Waals surface area contributed by atoms with Crippen molar-refractivity contribution in [1.29, 1.82) is 0 Å². The van der Waals surface area contributed by atoms with Gasteiger partial charge in [0.15, 0.2) is 5.65 Å². The Morgan fingerprint density at radius 2 is 2.31 bits per heavy atom. The van der Waals surface area contributed by atoms with Crippen LogP contribution in [0.2, 0.25) is 0 Å². The van der Waals surface area contributed by atoms with Crippen LogP contribution in [0, 0.1) is 6.92 Å². The van der Waals surface area contributed by atoms with Crippen molar-refractivity contribution in [3.05, 3.63) is 52.4 Å². The number of carbonyl (C=O) groups excluding carboxylic acids is 1. The van der Waals surface area contributed by atoms with Crippen LogP contribution >= 0.6 is 11.3 Å². The highest BCUT2D eigenvalue weighted by molar-refractivity contribution is 7.21. The molecule has 1 unspecified atom stereocenters. The lowest BCUT2D eigenvalue weighted by Crippen LogP contribution is -2.35. The first kappa shape index (κ1) is 15.3. The Kier molecular flexibility index (Phi) is 3.23. The van der Waals surface area contributed by atoms with E-state index in [9.17, 15) is 4.79 Å². The summed E-state index contributed by atoms with van der Waals surface area (Å²) in [5, 5.41) is 12.1. The number of nitrogen functional groups attached to an aromatic ring is 1. The summed E-state index contributed by atoms with van der Waals surface area (Å²) in [4.78, 5) is 18.7. The van der Waals surface area contributed by atoms with Crippen LogP contribution in [0.15, 0.2) is 30.7 Å². The van der Waals surface area contributed by atoms with Gasteiger partial charge in [-0.15, -0.1) is 21.5 Å². The number of aromatic nitrogens is 4. The molecular weight excluding hydrogens is 348 g/mol. The van der Waals surface area contributed by atoms with Gasteiger partial charge in [-0.05, 0) is 36.6 Å². The van der Waals surface area contributed by atoms with E-state index in [1.54, 1.807) is 12.5 Å². The molecule has 0 spiro atoms. The van der Waals surface area contributed by atoms with Gasteiger partial charge < -0.3 is 11.1 Å². The van der Waals surface area contributed by atoms with Gasteiger partial charge in [-0.2, -0.15) is 0 Å². The lowest BCUT2D eigenvalue weighted by atomic mass is 10.1. The highest BCUT2D eigenvalue weighted by atomic mass is 32.1. The first-order valence-corrected chi connectivity index (χ1v) is 9.18. The van der Waals surface area contributed by atoms with Crippen LogP contribution in [0.3, 0.4) is 0 Å². The zero-order chi connectivity index (χ0) is 17.8. The van der Waals surface area contributed by atoms with Gasteiger partial charge >= 0.3 is 0 Å². The topological polar surface area (TPSA) is 98.2 Å². The van der Waals surface area contributed by atoms with E-state index in [4.69, 9.17) is 5.73 Å². The van der Waals surface area contributed by atoms with Crippen molar-refractivity contribution < 1.29 is 4.79 Å². The molecule has 4 aromatic heterocycles. The van der Waals surface area contributed by atoms with Gasteiger partial charge in [-0.25, -0.2) is 0 Å².